The number of carbonyl (C=O) groups excluding carboxylic acids is 2. The van der Waals surface area contributed by atoms with Gasteiger partial charge in [0.1, 0.15) is 6.10 Å². The predicted molar refractivity (Wildman–Crippen MR) is 128 cm³/mol. The minimum atomic E-state index is -0.440. The van der Waals surface area contributed by atoms with Gasteiger partial charge < -0.3 is 24.3 Å². The Morgan fingerprint density at radius 2 is 1.91 bits per heavy atom. The fourth-order valence-electron chi connectivity index (χ4n) is 3.99. The van der Waals surface area contributed by atoms with Crippen molar-refractivity contribution in [2.45, 2.75) is 96.9 Å². The van der Waals surface area contributed by atoms with Crippen LogP contribution >= 0.6 is 0 Å². The molecule has 7 atom stereocenters. The van der Waals surface area contributed by atoms with Crippen LogP contribution in [0.5, 0.6) is 0 Å². The molecule has 2 heterocycles. The van der Waals surface area contributed by atoms with Gasteiger partial charge in [0.2, 0.25) is 5.91 Å². The Morgan fingerprint density at radius 3 is 2.52 bits per heavy atom. The third-order valence-electron chi connectivity index (χ3n) is 6.23. The second kappa shape index (κ2) is 12.5. The van der Waals surface area contributed by atoms with Crippen LogP contribution in [-0.2, 0) is 28.5 Å². The molecule has 0 bridgehead atoms. The highest BCUT2D eigenvalue weighted by Crippen LogP contribution is 2.32. The van der Waals surface area contributed by atoms with Crippen molar-refractivity contribution in [3.05, 3.63) is 36.0 Å². The number of methoxy groups -OCH3 is 1. The highest BCUT2D eigenvalue weighted by atomic mass is 16.6. The van der Waals surface area contributed by atoms with Crippen molar-refractivity contribution in [1.82, 2.24) is 5.32 Å². The third-order valence-corrected chi connectivity index (χ3v) is 6.23. The summed E-state index contributed by atoms with van der Waals surface area (Å²) < 4.78 is 22.3. The molecule has 2 aliphatic heterocycles. The van der Waals surface area contributed by atoms with E-state index in [-0.39, 0.29) is 41.8 Å². The van der Waals surface area contributed by atoms with Gasteiger partial charge in [0.05, 0.1) is 36.6 Å². The van der Waals surface area contributed by atoms with Gasteiger partial charge in [0, 0.05) is 26.5 Å². The van der Waals surface area contributed by atoms with Crippen LogP contribution < -0.4 is 5.32 Å². The van der Waals surface area contributed by atoms with E-state index >= 15 is 0 Å². The normalized spacial score (nSPS) is 32.0. The van der Waals surface area contributed by atoms with Crippen LogP contribution in [0.2, 0.25) is 0 Å². The fourth-order valence-corrected chi connectivity index (χ4v) is 3.99. The lowest BCUT2D eigenvalue weighted by Crippen LogP contribution is -2.50. The van der Waals surface area contributed by atoms with E-state index in [1.54, 1.807) is 20.1 Å². The molecule has 2 aliphatic rings. The molecule has 2 fully saturated rings. The zero-order valence-electron chi connectivity index (χ0n) is 21.1. The van der Waals surface area contributed by atoms with E-state index in [1.807, 2.05) is 6.92 Å². The van der Waals surface area contributed by atoms with Crippen molar-refractivity contribution in [3.63, 3.8) is 0 Å². The second-order valence-electron chi connectivity index (χ2n) is 9.64. The van der Waals surface area contributed by atoms with E-state index in [4.69, 9.17) is 18.9 Å². The molecule has 0 aromatic rings. The zero-order valence-corrected chi connectivity index (χ0v) is 21.1. The minimum absolute atomic E-state index is 0.0352. The topological polar surface area (TPSA) is 86.4 Å². The van der Waals surface area contributed by atoms with Gasteiger partial charge in [-0.1, -0.05) is 30.7 Å². The van der Waals surface area contributed by atoms with Gasteiger partial charge in [-0.3, -0.25) is 9.59 Å². The van der Waals surface area contributed by atoms with Crippen molar-refractivity contribution in [1.29, 1.82) is 0 Å². The lowest BCUT2D eigenvalue weighted by Gasteiger charge is -2.39. The van der Waals surface area contributed by atoms with E-state index in [9.17, 15) is 9.59 Å². The zero-order chi connectivity index (χ0) is 24.6. The second-order valence-corrected chi connectivity index (χ2v) is 9.64. The van der Waals surface area contributed by atoms with Crippen molar-refractivity contribution in [2.75, 3.05) is 13.7 Å². The van der Waals surface area contributed by atoms with Crippen LogP contribution in [0.4, 0.5) is 0 Å². The minimum Gasteiger partial charge on any atom is -0.459 e. The summed E-state index contributed by atoms with van der Waals surface area (Å²) in [5.41, 5.74) is 1.14. The van der Waals surface area contributed by atoms with Gasteiger partial charge in [-0.25, -0.2) is 0 Å². The van der Waals surface area contributed by atoms with Gasteiger partial charge >= 0.3 is 5.97 Å². The lowest BCUT2D eigenvalue weighted by atomic mass is 9.88. The summed E-state index contributed by atoms with van der Waals surface area (Å²) in [6.45, 7) is 12.2. The van der Waals surface area contributed by atoms with Crippen molar-refractivity contribution in [2.24, 2.45) is 5.92 Å². The summed E-state index contributed by atoms with van der Waals surface area (Å²) in [5, 5.41) is 3.01. The first-order valence-electron chi connectivity index (χ1n) is 11.8. The molecule has 0 aromatic heterocycles. The first kappa shape index (κ1) is 27.3. The number of amides is 1. The number of esters is 1. The van der Waals surface area contributed by atoms with Crippen molar-refractivity contribution < 1.29 is 28.5 Å². The standard InChI is InChI=1S/C26H41NO6/c1-17(8-11-22(30-7)15-26(6)16-31-26)9-12-24-18(2)14-23(20(4)33-24)27-25(29)13-10-19(3)32-21(5)28/h8-11,13,18-20,22-24H,12,14-16H2,1-7H3,(H,27,29)/b11-8+,13-10-,17-9+. The van der Waals surface area contributed by atoms with Gasteiger partial charge in [-0.15, -0.1) is 0 Å². The Morgan fingerprint density at radius 1 is 1.21 bits per heavy atom. The molecule has 0 saturated carbocycles. The molecular weight excluding hydrogens is 422 g/mol. The monoisotopic (exact) mass is 463 g/mol. The largest absolute Gasteiger partial charge is 0.459 e. The molecule has 7 nitrogen and oxygen atoms in total. The Kier molecular flexibility index (Phi) is 10.3. The van der Waals surface area contributed by atoms with Crippen molar-refractivity contribution in [3.8, 4) is 0 Å². The van der Waals surface area contributed by atoms with E-state index in [2.05, 4.69) is 44.3 Å². The van der Waals surface area contributed by atoms with Crippen molar-refractivity contribution >= 4 is 11.9 Å². The van der Waals surface area contributed by atoms with Crippen LogP contribution in [0, 0.1) is 5.92 Å². The maximum absolute atomic E-state index is 12.3. The van der Waals surface area contributed by atoms with E-state index in [1.165, 1.54) is 18.6 Å². The molecule has 7 heteroatoms. The number of epoxide rings is 1. The number of hydrogen-bond acceptors (Lipinski definition) is 6. The lowest BCUT2D eigenvalue weighted by molar-refractivity contribution is -0.143. The number of ether oxygens (including phenoxy) is 4. The van der Waals surface area contributed by atoms with E-state index in [0.717, 1.165) is 25.9 Å². The smallest absolute Gasteiger partial charge is 0.303 e. The number of carbonyl (C=O) groups is 2. The first-order chi connectivity index (χ1) is 15.5. The van der Waals surface area contributed by atoms with Crippen LogP contribution in [0.1, 0.15) is 60.8 Å². The van der Waals surface area contributed by atoms with Crippen LogP contribution in [0.25, 0.3) is 0 Å². The maximum Gasteiger partial charge on any atom is 0.303 e. The molecule has 186 valence electrons. The van der Waals surface area contributed by atoms with E-state index in [0.29, 0.717) is 5.92 Å². The summed E-state index contributed by atoms with van der Waals surface area (Å²) in [7, 11) is 1.73. The summed E-state index contributed by atoms with van der Waals surface area (Å²) in [4.78, 5) is 23.2. The van der Waals surface area contributed by atoms with E-state index < -0.39 is 6.10 Å². The summed E-state index contributed by atoms with van der Waals surface area (Å²) in [6.07, 6.45) is 11.5. The predicted octanol–water partition coefficient (Wildman–Crippen LogP) is 3.88. The molecule has 0 radical (unpaired) electrons. The Bertz CT molecular complexity index is 754. The summed E-state index contributed by atoms with van der Waals surface area (Å²) in [6, 6.07) is -0.0594. The Labute approximate surface area is 198 Å². The van der Waals surface area contributed by atoms with Crippen LogP contribution in [0.3, 0.4) is 0 Å². The SMILES string of the molecule is COC(/C=C/C(C)=C/CC1OC(C)C(NC(=O)/C=C\C(C)OC(C)=O)CC1C)CC1(C)CO1. The molecule has 7 unspecified atom stereocenters. The Hall–Kier alpha value is -1.96. The molecule has 1 N–H and O–H groups in total. The summed E-state index contributed by atoms with van der Waals surface area (Å²) in [5.74, 6) is -0.275. The molecular formula is C26H41NO6. The Balaban J connectivity index is 1.81. The number of allylic oxidation sites excluding steroid dienone is 2. The average molecular weight is 464 g/mol. The quantitative estimate of drug-likeness (QED) is 0.217. The number of hydrogen-bond donors (Lipinski definition) is 1. The average Bonchev–Trinajstić information content (AvgIpc) is 3.47. The molecule has 0 aliphatic carbocycles. The molecule has 2 saturated heterocycles. The molecule has 0 spiro atoms. The molecule has 33 heavy (non-hydrogen) atoms. The van der Waals surface area contributed by atoms with Gasteiger partial charge in [-0.2, -0.15) is 0 Å². The molecule has 1 amide bonds. The third kappa shape index (κ3) is 9.82. The highest BCUT2D eigenvalue weighted by Gasteiger charge is 2.40. The first-order valence-corrected chi connectivity index (χ1v) is 11.8. The fraction of sp³-hybridized carbons (Fsp3) is 0.692. The van der Waals surface area contributed by atoms with Crippen LogP contribution in [-0.4, -0.2) is 61.7 Å². The van der Waals surface area contributed by atoms with Crippen LogP contribution in [0.15, 0.2) is 36.0 Å². The molecule has 0 aromatic carbocycles. The highest BCUT2D eigenvalue weighted by molar-refractivity contribution is 5.87. The van der Waals surface area contributed by atoms with Gasteiger partial charge in [0.15, 0.2) is 0 Å². The number of nitrogens with one attached hydrogen (secondary N) is 1. The number of rotatable bonds is 11. The molecule has 2 rings (SSSR count). The maximum atomic E-state index is 12.3. The van der Waals surface area contributed by atoms with Gasteiger partial charge in [-0.05, 0) is 52.5 Å². The van der Waals surface area contributed by atoms with Gasteiger partial charge in [0.25, 0.3) is 0 Å². The summed E-state index contributed by atoms with van der Waals surface area (Å²) >= 11 is 0.